The molecule has 1 fully saturated rings. The zero-order valence-corrected chi connectivity index (χ0v) is 12.4. The second-order valence-corrected chi connectivity index (χ2v) is 5.39. The maximum Gasteiger partial charge on any atom is 0.315 e. The summed E-state index contributed by atoms with van der Waals surface area (Å²) in [6, 6.07) is -0.111. The molecule has 0 saturated heterocycles. The number of amides is 2. The van der Waals surface area contributed by atoms with Crippen molar-refractivity contribution >= 4 is 12.0 Å². The van der Waals surface area contributed by atoms with Crippen LogP contribution in [0.4, 0.5) is 4.79 Å². The van der Waals surface area contributed by atoms with Gasteiger partial charge in [-0.3, -0.25) is 4.79 Å². The quantitative estimate of drug-likeness (QED) is 0.665. The van der Waals surface area contributed by atoms with Crippen molar-refractivity contribution < 1.29 is 19.4 Å². The molecule has 0 aromatic heterocycles. The Morgan fingerprint density at radius 1 is 1.30 bits per heavy atom. The predicted octanol–water partition coefficient (Wildman–Crippen LogP) is 1.74. The van der Waals surface area contributed by atoms with Crippen molar-refractivity contribution in [3.63, 3.8) is 0 Å². The number of carboxylic acids is 1. The molecular formula is C14H26N2O4. The van der Waals surface area contributed by atoms with Crippen LogP contribution in [0.2, 0.25) is 0 Å². The van der Waals surface area contributed by atoms with Gasteiger partial charge in [0.05, 0.1) is 12.0 Å². The van der Waals surface area contributed by atoms with Gasteiger partial charge in [0.15, 0.2) is 0 Å². The third-order valence-corrected chi connectivity index (χ3v) is 3.85. The Labute approximate surface area is 120 Å². The van der Waals surface area contributed by atoms with Crippen LogP contribution in [-0.4, -0.2) is 42.9 Å². The van der Waals surface area contributed by atoms with Crippen molar-refractivity contribution in [3.8, 4) is 0 Å². The molecule has 2 amide bonds. The average Bonchev–Trinajstić information content (AvgIpc) is 2.44. The van der Waals surface area contributed by atoms with E-state index in [2.05, 4.69) is 17.6 Å². The fourth-order valence-electron chi connectivity index (χ4n) is 2.55. The molecule has 20 heavy (non-hydrogen) atoms. The van der Waals surface area contributed by atoms with Crippen LogP contribution in [0.3, 0.4) is 0 Å². The van der Waals surface area contributed by atoms with Gasteiger partial charge in [0.2, 0.25) is 0 Å². The molecule has 0 aromatic rings. The number of hydrogen-bond acceptors (Lipinski definition) is 3. The summed E-state index contributed by atoms with van der Waals surface area (Å²) in [6.07, 6.45) is 4.71. The molecular weight excluding hydrogens is 260 g/mol. The first-order valence-electron chi connectivity index (χ1n) is 7.36. The number of hydrogen-bond donors (Lipinski definition) is 3. The molecule has 0 aromatic carbocycles. The third-order valence-electron chi connectivity index (χ3n) is 3.85. The van der Waals surface area contributed by atoms with Crippen molar-refractivity contribution in [2.45, 2.75) is 57.6 Å². The number of carbonyl (C=O) groups is 2. The number of carbonyl (C=O) groups excluding carboxylic acids is 1. The topological polar surface area (TPSA) is 87.7 Å². The fraction of sp³-hybridized carbons (Fsp3) is 0.857. The van der Waals surface area contributed by atoms with E-state index < -0.39 is 5.97 Å². The fourth-order valence-corrected chi connectivity index (χ4v) is 2.55. The molecule has 1 atom stereocenters. The van der Waals surface area contributed by atoms with Crippen molar-refractivity contribution in [2.75, 3.05) is 13.7 Å². The van der Waals surface area contributed by atoms with Crippen molar-refractivity contribution in [3.05, 3.63) is 0 Å². The first kappa shape index (κ1) is 16.8. The van der Waals surface area contributed by atoms with Crippen molar-refractivity contribution in [2.24, 2.45) is 5.92 Å². The highest BCUT2D eigenvalue weighted by Crippen LogP contribution is 2.24. The average molecular weight is 286 g/mol. The summed E-state index contributed by atoms with van der Waals surface area (Å²) in [5.41, 5.74) is 0. The Morgan fingerprint density at radius 2 is 1.95 bits per heavy atom. The van der Waals surface area contributed by atoms with Gasteiger partial charge in [0.1, 0.15) is 0 Å². The van der Waals surface area contributed by atoms with E-state index in [1.54, 1.807) is 7.11 Å². The molecule has 0 heterocycles. The molecule has 1 aliphatic carbocycles. The standard InChI is InChI=1S/C14H26N2O4/c1-3-4-12(20-2)9-15-14(19)16-11-7-5-10(6-8-11)13(17)18/h10-12H,3-9H2,1-2H3,(H,17,18)(H2,15,16,19). The maximum absolute atomic E-state index is 11.8. The zero-order chi connectivity index (χ0) is 15.0. The van der Waals surface area contributed by atoms with Crippen LogP contribution in [0.25, 0.3) is 0 Å². The van der Waals surface area contributed by atoms with Crippen molar-refractivity contribution in [1.29, 1.82) is 0 Å². The van der Waals surface area contributed by atoms with Gasteiger partial charge in [-0.05, 0) is 32.1 Å². The van der Waals surface area contributed by atoms with Crippen LogP contribution in [0.1, 0.15) is 45.4 Å². The van der Waals surface area contributed by atoms with E-state index in [0.717, 1.165) is 25.7 Å². The largest absolute Gasteiger partial charge is 0.481 e. The molecule has 0 aliphatic heterocycles. The normalized spacial score (nSPS) is 23.9. The molecule has 1 unspecified atom stereocenters. The summed E-state index contributed by atoms with van der Waals surface area (Å²) in [4.78, 5) is 22.6. The van der Waals surface area contributed by atoms with Gasteiger partial charge in [0.25, 0.3) is 0 Å². The smallest absolute Gasteiger partial charge is 0.315 e. The van der Waals surface area contributed by atoms with E-state index in [0.29, 0.717) is 19.4 Å². The highest BCUT2D eigenvalue weighted by molar-refractivity contribution is 5.74. The number of urea groups is 1. The highest BCUT2D eigenvalue weighted by Gasteiger charge is 2.26. The maximum atomic E-state index is 11.8. The number of rotatable bonds is 7. The second kappa shape index (κ2) is 8.79. The van der Waals surface area contributed by atoms with E-state index in [-0.39, 0.29) is 24.1 Å². The molecule has 1 rings (SSSR count). The lowest BCUT2D eigenvalue weighted by Gasteiger charge is -2.27. The van der Waals surface area contributed by atoms with Gasteiger partial charge >= 0.3 is 12.0 Å². The van der Waals surface area contributed by atoms with Crippen LogP contribution in [-0.2, 0) is 9.53 Å². The van der Waals surface area contributed by atoms with Gasteiger partial charge in [-0.2, -0.15) is 0 Å². The monoisotopic (exact) mass is 286 g/mol. The molecule has 0 spiro atoms. The SMILES string of the molecule is CCCC(CNC(=O)NC1CCC(C(=O)O)CC1)OC. The molecule has 3 N–H and O–H groups in total. The van der Waals surface area contributed by atoms with Crippen LogP contribution in [0.5, 0.6) is 0 Å². The lowest BCUT2D eigenvalue weighted by molar-refractivity contribution is -0.142. The third kappa shape index (κ3) is 5.77. The second-order valence-electron chi connectivity index (χ2n) is 5.39. The Morgan fingerprint density at radius 3 is 2.45 bits per heavy atom. The molecule has 0 radical (unpaired) electrons. The first-order valence-corrected chi connectivity index (χ1v) is 7.36. The Balaban J connectivity index is 2.21. The van der Waals surface area contributed by atoms with Gasteiger partial charge in [-0.15, -0.1) is 0 Å². The van der Waals surface area contributed by atoms with Gasteiger partial charge in [-0.1, -0.05) is 13.3 Å². The number of carboxylic acid groups (broad SMARTS) is 1. The minimum atomic E-state index is -0.726. The van der Waals surface area contributed by atoms with Crippen LogP contribution < -0.4 is 10.6 Å². The molecule has 6 heteroatoms. The Kier molecular flexibility index (Phi) is 7.36. The highest BCUT2D eigenvalue weighted by atomic mass is 16.5. The molecule has 0 bridgehead atoms. The minimum absolute atomic E-state index is 0.0495. The summed E-state index contributed by atoms with van der Waals surface area (Å²) in [5, 5.41) is 14.6. The molecule has 1 saturated carbocycles. The van der Waals surface area contributed by atoms with E-state index in [1.807, 2.05) is 0 Å². The van der Waals surface area contributed by atoms with Gasteiger partial charge in [-0.25, -0.2) is 4.79 Å². The van der Waals surface area contributed by atoms with Crippen LogP contribution >= 0.6 is 0 Å². The van der Waals surface area contributed by atoms with Gasteiger partial charge < -0.3 is 20.5 Å². The van der Waals surface area contributed by atoms with E-state index in [4.69, 9.17) is 9.84 Å². The predicted molar refractivity (Wildman–Crippen MR) is 75.6 cm³/mol. The molecule has 1 aliphatic rings. The van der Waals surface area contributed by atoms with Crippen LogP contribution in [0.15, 0.2) is 0 Å². The zero-order valence-electron chi connectivity index (χ0n) is 12.4. The summed E-state index contributed by atoms with van der Waals surface area (Å²) in [7, 11) is 1.65. The summed E-state index contributed by atoms with van der Waals surface area (Å²) in [6.45, 7) is 2.58. The summed E-state index contributed by atoms with van der Waals surface area (Å²) < 4.78 is 5.26. The first-order chi connectivity index (χ1) is 9.56. The van der Waals surface area contributed by atoms with Crippen molar-refractivity contribution in [1.82, 2.24) is 10.6 Å². The Bertz CT molecular complexity index is 314. The van der Waals surface area contributed by atoms with E-state index in [1.165, 1.54) is 0 Å². The Hall–Kier alpha value is -1.30. The van der Waals surface area contributed by atoms with Crippen LogP contribution in [0, 0.1) is 5.92 Å². The number of ether oxygens (including phenoxy) is 1. The van der Waals surface area contributed by atoms with E-state index >= 15 is 0 Å². The summed E-state index contributed by atoms with van der Waals surface area (Å²) >= 11 is 0. The lowest BCUT2D eigenvalue weighted by atomic mass is 9.86. The molecule has 116 valence electrons. The number of aliphatic carboxylic acids is 1. The summed E-state index contributed by atoms with van der Waals surface area (Å²) in [5.74, 6) is -0.978. The number of methoxy groups -OCH3 is 1. The molecule has 6 nitrogen and oxygen atoms in total. The van der Waals surface area contributed by atoms with E-state index in [9.17, 15) is 9.59 Å². The minimum Gasteiger partial charge on any atom is -0.481 e. The lowest BCUT2D eigenvalue weighted by Crippen LogP contribution is -2.46. The number of nitrogens with one attached hydrogen (secondary N) is 2. The van der Waals surface area contributed by atoms with Gasteiger partial charge in [0, 0.05) is 19.7 Å².